The summed E-state index contributed by atoms with van der Waals surface area (Å²) < 4.78 is 0. The lowest BCUT2D eigenvalue weighted by molar-refractivity contribution is -0.132. The van der Waals surface area contributed by atoms with Crippen LogP contribution in [-0.2, 0) is 9.59 Å². The summed E-state index contributed by atoms with van der Waals surface area (Å²) in [6, 6.07) is 14.1. The average Bonchev–Trinajstić information content (AvgIpc) is 2.91. The molecule has 2 aromatic rings. The fourth-order valence-corrected chi connectivity index (χ4v) is 3.61. The second kappa shape index (κ2) is 6.40. The monoisotopic (exact) mass is 314 g/mol. The molecule has 0 spiro atoms. The number of rotatable bonds is 4. The summed E-state index contributed by atoms with van der Waals surface area (Å²) >= 11 is 1.55. The number of nitrogens with one attached hydrogen (secondary N) is 1. The van der Waals surface area contributed by atoms with Gasteiger partial charge in [-0.1, -0.05) is 42.5 Å². The van der Waals surface area contributed by atoms with Gasteiger partial charge in [-0.3, -0.25) is 9.59 Å². The van der Waals surface area contributed by atoms with E-state index in [-0.39, 0.29) is 24.4 Å². The zero-order valence-corrected chi connectivity index (χ0v) is 13.2. The number of thioether (sulfide) groups is 1. The van der Waals surface area contributed by atoms with Crippen molar-refractivity contribution in [2.75, 3.05) is 18.2 Å². The van der Waals surface area contributed by atoms with Crippen molar-refractivity contribution in [3.05, 3.63) is 48.0 Å². The summed E-state index contributed by atoms with van der Waals surface area (Å²) in [5.74, 6) is 1.01. The number of amides is 2. The van der Waals surface area contributed by atoms with E-state index < -0.39 is 0 Å². The molecule has 0 radical (unpaired) electrons. The molecule has 0 bridgehead atoms. The maximum absolute atomic E-state index is 12.2. The molecular formula is C17H18N2O2S. The molecule has 114 valence electrons. The Morgan fingerprint density at radius 2 is 2.05 bits per heavy atom. The van der Waals surface area contributed by atoms with Crippen LogP contribution in [0.3, 0.4) is 0 Å². The molecule has 1 N–H and O–H groups in total. The standard InChI is InChI=1S/C17H18N2O2S/c1-12(18-16(20)9-19-11-22-10-17(19)21)14-8-4-6-13-5-2-3-7-15(13)14/h2-8,12H,9-11H2,1H3,(H,18,20)/t12-/m0/s1. The molecule has 4 nitrogen and oxygen atoms in total. The second-order valence-electron chi connectivity index (χ2n) is 5.43. The maximum Gasteiger partial charge on any atom is 0.240 e. The predicted octanol–water partition coefficient (Wildman–Crippen LogP) is 2.55. The zero-order chi connectivity index (χ0) is 15.5. The summed E-state index contributed by atoms with van der Waals surface area (Å²) in [5, 5.41) is 5.30. The minimum absolute atomic E-state index is 0.0398. The Bertz CT molecular complexity index is 711. The fraction of sp³-hybridized carbons (Fsp3) is 0.294. The molecule has 0 aliphatic carbocycles. The van der Waals surface area contributed by atoms with Crippen molar-refractivity contribution < 1.29 is 9.59 Å². The van der Waals surface area contributed by atoms with Gasteiger partial charge in [-0.05, 0) is 23.3 Å². The Kier molecular flexibility index (Phi) is 4.34. The van der Waals surface area contributed by atoms with E-state index in [4.69, 9.17) is 0 Å². The molecule has 3 rings (SSSR count). The molecule has 1 aliphatic rings. The zero-order valence-electron chi connectivity index (χ0n) is 12.4. The number of hydrogen-bond acceptors (Lipinski definition) is 3. The van der Waals surface area contributed by atoms with Gasteiger partial charge < -0.3 is 10.2 Å². The van der Waals surface area contributed by atoms with Crippen LogP contribution in [0.2, 0.25) is 0 Å². The third kappa shape index (κ3) is 3.09. The van der Waals surface area contributed by atoms with Crippen molar-refractivity contribution in [2.45, 2.75) is 13.0 Å². The smallest absolute Gasteiger partial charge is 0.240 e. The summed E-state index contributed by atoms with van der Waals surface area (Å²) in [7, 11) is 0. The van der Waals surface area contributed by atoms with Gasteiger partial charge in [0.25, 0.3) is 0 Å². The largest absolute Gasteiger partial charge is 0.348 e. The molecule has 0 unspecified atom stereocenters. The Morgan fingerprint density at radius 3 is 2.82 bits per heavy atom. The first-order valence-electron chi connectivity index (χ1n) is 7.27. The summed E-state index contributed by atoms with van der Waals surface area (Å²) in [4.78, 5) is 25.3. The van der Waals surface area contributed by atoms with E-state index in [1.54, 1.807) is 16.7 Å². The molecule has 5 heteroatoms. The summed E-state index contributed by atoms with van der Waals surface area (Å²) in [5.41, 5.74) is 1.09. The average molecular weight is 314 g/mol. The highest BCUT2D eigenvalue weighted by atomic mass is 32.2. The van der Waals surface area contributed by atoms with Gasteiger partial charge in [0, 0.05) is 0 Å². The van der Waals surface area contributed by atoms with E-state index in [2.05, 4.69) is 23.5 Å². The van der Waals surface area contributed by atoms with Crippen LogP contribution in [0.25, 0.3) is 10.8 Å². The number of benzene rings is 2. The topological polar surface area (TPSA) is 49.4 Å². The van der Waals surface area contributed by atoms with Crippen LogP contribution < -0.4 is 5.32 Å². The molecule has 1 atom stereocenters. The number of carbonyl (C=O) groups is 2. The van der Waals surface area contributed by atoms with E-state index in [1.165, 1.54) is 0 Å². The lowest BCUT2D eigenvalue weighted by atomic mass is 10.00. The highest BCUT2D eigenvalue weighted by Gasteiger charge is 2.23. The minimum atomic E-state index is -0.115. The Morgan fingerprint density at radius 1 is 1.27 bits per heavy atom. The highest BCUT2D eigenvalue weighted by Crippen LogP contribution is 2.24. The number of fused-ring (bicyclic) bond motifs is 1. The Labute approximate surface area is 133 Å². The van der Waals surface area contributed by atoms with Crippen molar-refractivity contribution in [3.63, 3.8) is 0 Å². The van der Waals surface area contributed by atoms with E-state index in [0.29, 0.717) is 11.6 Å². The number of hydrogen-bond donors (Lipinski definition) is 1. The van der Waals surface area contributed by atoms with Crippen LogP contribution >= 0.6 is 11.8 Å². The SMILES string of the molecule is C[C@H](NC(=O)CN1CSCC1=O)c1cccc2ccccc12. The van der Waals surface area contributed by atoms with Gasteiger partial charge in [-0.15, -0.1) is 11.8 Å². The molecule has 2 aromatic carbocycles. The van der Waals surface area contributed by atoms with Crippen LogP contribution in [0.1, 0.15) is 18.5 Å². The molecular weight excluding hydrogens is 296 g/mol. The van der Waals surface area contributed by atoms with E-state index in [9.17, 15) is 9.59 Å². The molecule has 1 heterocycles. The van der Waals surface area contributed by atoms with Crippen molar-refractivity contribution >= 4 is 34.3 Å². The molecule has 2 amide bonds. The molecule has 22 heavy (non-hydrogen) atoms. The summed E-state index contributed by atoms with van der Waals surface area (Å²) in [6.07, 6.45) is 0. The van der Waals surface area contributed by atoms with Gasteiger partial charge in [0.1, 0.15) is 6.54 Å². The molecule has 0 aromatic heterocycles. The third-order valence-corrected chi connectivity index (χ3v) is 4.77. The molecule has 0 saturated carbocycles. The quantitative estimate of drug-likeness (QED) is 0.943. The normalized spacial score (nSPS) is 16.0. The summed E-state index contributed by atoms with van der Waals surface area (Å²) in [6.45, 7) is 2.11. The molecule has 1 aliphatic heterocycles. The van der Waals surface area contributed by atoms with Gasteiger partial charge in [-0.25, -0.2) is 0 Å². The first kappa shape index (κ1) is 14.9. The van der Waals surface area contributed by atoms with E-state index in [1.807, 2.05) is 31.2 Å². The maximum atomic E-state index is 12.2. The third-order valence-electron chi connectivity index (χ3n) is 3.83. The second-order valence-corrected chi connectivity index (χ2v) is 6.38. The van der Waals surface area contributed by atoms with Crippen molar-refractivity contribution in [1.29, 1.82) is 0 Å². The first-order chi connectivity index (χ1) is 10.6. The predicted molar refractivity (Wildman–Crippen MR) is 89.5 cm³/mol. The highest BCUT2D eigenvalue weighted by molar-refractivity contribution is 8.00. The van der Waals surface area contributed by atoms with Gasteiger partial charge in [0.15, 0.2) is 0 Å². The lowest BCUT2D eigenvalue weighted by Gasteiger charge is -2.19. The van der Waals surface area contributed by atoms with E-state index in [0.717, 1.165) is 16.3 Å². The molecule has 1 fully saturated rings. The lowest BCUT2D eigenvalue weighted by Crippen LogP contribution is -2.39. The van der Waals surface area contributed by atoms with Crippen LogP contribution in [-0.4, -0.2) is 34.9 Å². The van der Waals surface area contributed by atoms with Gasteiger partial charge in [-0.2, -0.15) is 0 Å². The van der Waals surface area contributed by atoms with Gasteiger partial charge >= 0.3 is 0 Å². The Balaban J connectivity index is 1.71. The first-order valence-corrected chi connectivity index (χ1v) is 8.43. The van der Waals surface area contributed by atoms with Crippen LogP contribution in [0.4, 0.5) is 0 Å². The van der Waals surface area contributed by atoms with Crippen molar-refractivity contribution in [3.8, 4) is 0 Å². The number of nitrogens with zero attached hydrogens (tertiary/aromatic N) is 1. The molecule has 1 saturated heterocycles. The minimum Gasteiger partial charge on any atom is -0.348 e. The van der Waals surface area contributed by atoms with Crippen LogP contribution in [0.15, 0.2) is 42.5 Å². The van der Waals surface area contributed by atoms with Gasteiger partial charge in [0.05, 0.1) is 17.7 Å². The van der Waals surface area contributed by atoms with Crippen molar-refractivity contribution in [2.24, 2.45) is 0 Å². The fourth-order valence-electron chi connectivity index (χ4n) is 2.71. The number of carbonyl (C=O) groups excluding carboxylic acids is 2. The van der Waals surface area contributed by atoms with E-state index >= 15 is 0 Å². The van der Waals surface area contributed by atoms with Gasteiger partial charge in [0.2, 0.25) is 11.8 Å². The Hall–Kier alpha value is -2.01. The van der Waals surface area contributed by atoms with Crippen molar-refractivity contribution in [1.82, 2.24) is 10.2 Å². The van der Waals surface area contributed by atoms with Crippen LogP contribution in [0, 0.1) is 0 Å². The van der Waals surface area contributed by atoms with Crippen LogP contribution in [0.5, 0.6) is 0 Å².